The van der Waals surface area contributed by atoms with E-state index >= 15 is 0 Å². The maximum Gasteiger partial charge on any atom is 0.0442 e. The zero-order valence-corrected chi connectivity index (χ0v) is 7.28. The molecule has 1 heterocycles. The molecule has 1 heteroatoms. The van der Waals surface area contributed by atoms with E-state index in [2.05, 4.69) is 25.8 Å². The van der Waals surface area contributed by atoms with Gasteiger partial charge >= 0.3 is 0 Å². The third-order valence-corrected chi connectivity index (χ3v) is 2.67. The lowest BCUT2D eigenvalue weighted by atomic mass is 9.80. The van der Waals surface area contributed by atoms with Crippen LogP contribution < -0.4 is 0 Å². The summed E-state index contributed by atoms with van der Waals surface area (Å²) in [6.45, 7) is 7.78. The summed E-state index contributed by atoms with van der Waals surface area (Å²) in [6, 6.07) is 0. The summed E-state index contributed by atoms with van der Waals surface area (Å²) in [5.41, 5.74) is 1.85. The van der Waals surface area contributed by atoms with Crippen molar-refractivity contribution in [2.24, 2.45) is 10.4 Å². The van der Waals surface area contributed by atoms with Crippen molar-refractivity contribution in [1.82, 2.24) is 0 Å². The van der Waals surface area contributed by atoms with Gasteiger partial charge in [-0.1, -0.05) is 13.8 Å². The van der Waals surface area contributed by atoms with Gasteiger partial charge in [-0.3, -0.25) is 4.99 Å². The average molecular weight is 139 g/mol. The molecule has 58 valence electrons. The molecule has 0 aromatic heterocycles. The van der Waals surface area contributed by atoms with Crippen molar-refractivity contribution < 1.29 is 0 Å². The number of aliphatic imine (C=N–C) groups is 1. The molecule has 0 N–H and O–H groups in total. The number of nitrogens with zero attached hydrogens (tertiary/aromatic N) is 1. The molecule has 1 aliphatic rings. The summed E-state index contributed by atoms with van der Waals surface area (Å²) in [5, 5.41) is 0. The second-order valence-corrected chi connectivity index (χ2v) is 3.72. The van der Waals surface area contributed by atoms with Crippen molar-refractivity contribution in [3.8, 4) is 0 Å². The lowest BCUT2D eigenvalue weighted by Crippen LogP contribution is -2.24. The van der Waals surface area contributed by atoms with Crippen LogP contribution in [0.2, 0.25) is 0 Å². The molecule has 0 aliphatic carbocycles. The van der Waals surface area contributed by atoms with Gasteiger partial charge in [0.25, 0.3) is 0 Å². The lowest BCUT2D eigenvalue weighted by Gasteiger charge is -2.29. The molecule has 0 spiro atoms. The van der Waals surface area contributed by atoms with E-state index in [9.17, 15) is 0 Å². The number of hydrogen-bond donors (Lipinski definition) is 0. The smallest absolute Gasteiger partial charge is 0.0442 e. The van der Waals surface area contributed by atoms with Gasteiger partial charge in [-0.2, -0.15) is 0 Å². The second-order valence-electron chi connectivity index (χ2n) is 3.72. The Labute approximate surface area is 63.5 Å². The zero-order valence-electron chi connectivity index (χ0n) is 7.28. The Bertz CT molecular complexity index is 149. The van der Waals surface area contributed by atoms with Gasteiger partial charge in [0, 0.05) is 12.3 Å². The van der Waals surface area contributed by atoms with E-state index in [1.165, 1.54) is 25.0 Å². The highest BCUT2D eigenvalue weighted by atomic mass is 14.8. The van der Waals surface area contributed by atoms with E-state index in [1.54, 1.807) is 0 Å². The Morgan fingerprint density at radius 3 is 2.70 bits per heavy atom. The molecule has 1 aliphatic heterocycles. The van der Waals surface area contributed by atoms with Crippen molar-refractivity contribution in [3.05, 3.63) is 0 Å². The van der Waals surface area contributed by atoms with Crippen LogP contribution in [0.1, 0.15) is 40.0 Å². The van der Waals surface area contributed by atoms with E-state index in [4.69, 9.17) is 0 Å². The van der Waals surface area contributed by atoms with Gasteiger partial charge < -0.3 is 0 Å². The largest absolute Gasteiger partial charge is 0.294 e. The van der Waals surface area contributed by atoms with Crippen LogP contribution in [-0.2, 0) is 0 Å². The molecule has 0 fully saturated rings. The molecule has 1 unspecified atom stereocenters. The van der Waals surface area contributed by atoms with Crippen molar-refractivity contribution in [2.75, 3.05) is 6.54 Å². The molecule has 0 saturated carbocycles. The molecular weight excluding hydrogens is 122 g/mol. The van der Waals surface area contributed by atoms with E-state index < -0.39 is 0 Å². The van der Waals surface area contributed by atoms with Crippen LogP contribution in [0.5, 0.6) is 0 Å². The van der Waals surface area contributed by atoms with Crippen LogP contribution in [0.25, 0.3) is 0 Å². The van der Waals surface area contributed by atoms with E-state index in [0.717, 1.165) is 6.54 Å². The second kappa shape index (κ2) is 2.73. The standard InChI is InChI=1S/C9H17N/c1-4-9(3)6-5-8(2)10-7-9/h4-7H2,1-3H3. The van der Waals surface area contributed by atoms with Crippen LogP contribution in [0, 0.1) is 5.41 Å². The Kier molecular flexibility index (Phi) is 2.12. The topological polar surface area (TPSA) is 12.4 Å². The van der Waals surface area contributed by atoms with Crippen LogP contribution >= 0.6 is 0 Å². The van der Waals surface area contributed by atoms with Crippen molar-refractivity contribution in [3.63, 3.8) is 0 Å². The fourth-order valence-corrected chi connectivity index (χ4v) is 1.26. The minimum atomic E-state index is 0.513. The summed E-state index contributed by atoms with van der Waals surface area (Å²) in [4.78, 5) is 4.47. The van der Waals surface area contributed by atoms with Crippen molar-refractivity contribution >= 4 is 5.71 Å². The molecule has 0 aromatic rings. The summed E-state index contributed by atoms with van der Waals surface area (Å²) in [7, 11) is 0. The molecule has 10 heavy (non-hydrogen) atoms. The first-order valence-electron chi connectivity index (χ1n) is 4.16. The first kappa shape index (κ1) is 7.77. The van der Waals surface area contributed by atoms with Gasteiger partial charge in [0.2, 0.25) is 0 Å². The molecule has 1 nitrogen and oxygen atoms in total. The summed E-state index contributed by atoms with van der Waals surface area (Å²) in [5.74, 6) is 0. The maximum atomic E-state index is 4.47. The Morgan fingerprint density at radius 1 is 1.60 bits per heavy atom. The highest BCUT2D eigenvalue weighted by molar-refractivity contribution is 5.82. The van der Waals surface area contributed by atoms with Crippen molar-refractivity contribution in [1.29, 1.82) is 0 Å². The summed E-state index contributed by atoms with van der Waals surface area (Å²) < 4.78 is 0. The first-order valence-corrected chi connectivity index (χ1v) is 4.16. The molecule has 0 radical (unpaired) electrons. The van der Waals surface area contributed by atoms with Gasteiger partial charge in [0.1, 0.15) is 0 Å². The van der Waals surface area contributed by atoms with Gasteiger partial charge in [-0.25, -0.2) is 0 Å². The highest BCUT2D eigenvalue weighted by Crippen LogP contribution is 2.30. The van der Waals surface area contributed by atoms with E-state index in [1.807, 2.05) is 0 Å². The normalized spacial score (nSPS) is 33.7. The molecule has 0 saturated heterocycles. The van der Waals surface area contributed by atoms with Crippen molar-refractivity contribution in [2.45, 2.75) is 40.0 Å². The zero-order chi connectivity index (χ0) is 7.61. The fraction of sp³-hybridized carbons (Fsp3) is 0.889. The summed E-state index contributed by atoms with van der Waals surface area (Å²) >= 11 is 0. The Balaban J connectivity index is 2.56. The van der Waals surface area contributed by atoms with E-state index in [-0.39, 0.29) is 0 Å². The van der Waals surface area contributed by atoms with Gasteiger partial charge in [0.05, 0.1) is 0 Å². The van der Waals surface area contributed by atoms with Crippen LogP contribution in [-0.4, -0.2) is 12.3 Å². The Morgan fingerprint density at radius 2 is 2.30 bits per heavy atom. The number of hydrogen-bond acceptors (Lipinski definition) is 1. The van der Waals surface area contributed by atoms with E-state index in [0.29, 0.717) is 5.41 Å². The predicted octanol–water partition coefficient (Wildman–Crippen LogP) is 2.66. The quantitative estimate of drug-likeness (QED) is 0.529. The van der Waals surface area contributed by atoms with Crippen LogP contribution in [0.4, 0.5) is 0 Å². The third-order valence-electron chi connectivity index (χ3n) is 2.67. The van der Waals surface area contributed by atoms with Gasteiger partial charge in [-0.15, -0.1) is 0 Å². The SMILES string of the molecule is CCC1(C)CCC(C)=NC1. The molecule has 0 amide bonds. The maximum absolute atomic E-state index is 4.47. The minimum absolute atomic E-state index is 0.513. The summed E-state index contributed by atoms with van der Waals surface area (Å²) in [6.07, 6.45) is 3.81. The van der Waals surface area contributed by atoms with Crippen LogP contribution in [0.15, 0.2) is 4.99 Å². The predicted molar refractivity (Wildman–Crippen MR) is 45.6 cm³/mol. The highest BCUT2D eigenvalue weighted by Gasteiger charge is 2.24. The van der Waals surface area contributed by atoms with Gasteiger partial charge in [-0.05, 0) is 31.6 Å². The first-order chi connectivity index (χ1) is 4.66. The monoisotopic (exact) mass is 139 g/mol. The molecule has 0 aromatic carbocycles. The number of rotatable bonds is 1. The van der Waals surface area contributed by atoms with Crippen LogP contribution in [0.3, 0.4) is 0 Å². The third kappa shape index (κ3) is 1.59. The Hall–Kier alpha value is -0.330. The molecule has 0 bridgehead atoms. The molecule has 1 rings (SSSR count). The molecule has 1 atom stereocenters. The fourth-order valence-electron chi connectivity index (χ4n) is 1.26. The minimum Gasteiger partial charge on any atom is -0.294 e. The lowest BCUT2D eigenvalue weighted by molar-refractivity contribution is 0.292. The average Bonchev–Trinajstić information content (AvgIpc) is 1.96. The van der Waals surface area contributed by atoms with Gasteiger partial charge in [0.15, 0.2) is 0 Å². The molecular formula is C9H17N.